The van der Waals surface area contributed by atoms with E-state index in [1.807, 2.05) is 0 Å². The first-order valence-corrected chi connectivity index (χ1v) is 11.9. The molecule has 0 fully saturated rings. The minimum Gasteiger partial charge on any atom is -0.0942 e. The molecule has 0 saturated carbocycles. The third-order valence-electron chi connectivity index (χ3n) is 5.25. The maximum atomic E-state index is 2.53. The van der Waals surface area contributed by atoms with Gasteiger partial charge in [-0.1, -0.05) is 101 Å². The zero-order valence-electron chi connectivity index (χ0n) is 16.5. The topological polar surface area (TPSA) is 0 Å². The van der Waals surface area contributed by atoms with Crippen LogP contribution in [0.3, 0.4) is 0 Å². The lowest BCUT2D eigenvalue weighted by atomic mass is 9.85. The second kappa shape index (κ2) is 6.88. The standard InChI is InChI=1S/C24H30Si/c1-17(2)20-14-19-8-7-9-22(23(19)15-20)18-10-12-21(13-11-18)24(3,4)16-25(5)6/h7-13,15-17H,14H2,1-6H3. The Morgan fingerprint density at radius 1 is 1.00 bits per heavy atom. The van der Waals surface area contributed by atoms with Crippen molar-refractivity contribution in [3.05, 3.63) is 64.7 Å². The summed E-state index contributed by atoms with van der Waals surface area (Å²) in [7, 11) is -0.355. The van der Waals surface area contributed by atoms with E-state index in [0.717, 1.165) is 6.42 Å². The van der Waals surface area contributed by atoms with Gasteiger partial charge in [-0.25, -0.2) is 0 Å². The summed E-state index contributed by atoms with van der Waals surface area (Å²) in [6.45, 7) is 14.0. The van der Waals surface area contributed by atoms with Crippen LogP contribution in [0, 0.1) is 5.92 Å². The van der Waals surface area contributed by atoms with Crippen LogP contribution in [0.15, 0.2) is 48.0 Å². The van der Waals surface area contributed by atoms with Crippen molar-refractivity contribution in [1.29, 1.82) is 0 Å². The van der Waals surface area contributed by atoms with Crippen molar-refractivity contribution < 1.29 is 0 Å². The van der Waals surface area contributed by atoms with Gasteiger partial charge in [0.05, 0.1) is 0 Å². The zero-order valence-corrected chi connectivity index (χ0v) is 17.5. The summed E-state index contributed by atoms with van der Waals surface area (Å²) in [6.07, 6.45) is 3.53. The number of fused-ring (bicyclic) bond motifs is 1. The monoisotopic (exact) mass is 346 g/mol. The average Bonchev–Trinajstić information content (AvgIpc) is 2.98. The van der Waals surface area contributed by atoms with Crippen LogP contribution in [0.4, 0.5) is 0 Å². The van der Waals surface area contributed by atoms with Crippen molar-refractivity contribution in [2.24, 2.45) is 5.92 Å². The van der Waals surface area contributed by atoms with Gasteiger partial charge in [-0.3, -0.25) is 0 Å². The summed E-state index contributed by atoms with van der Waals surface area (Å²) in [5.74, 6) is 0.623. The SMILES string of the molecule is CC(C)C1=Cc2c(cccc2-c2ccc(C(C)(C)C=[Si](C)C)cc2)C1. The Morgan fingerprint density at radius 3 is 2.28 bits per heavy atom. The van der Waals surface area contributed by atoms with Gasteiger partial charge in [-0.05, 0) is 48.6 Å². The van der Waals surface area contributed by atoms with Crippen LogP contribution in [0.5, 0.6) is 0 Å². The first-order chi connectivity index (χ1) is 11.8. The smallest absolute Gasteiger partial charge is 0.00366 e. The number of benzene rings is 2. The molecule has 1 aliphatic carbocycles. The summed E-state index contributed by atoms with van der Waals surface area (Å²) in [5, 5.41) is 0. The molecule has 0 spiro atoms. The molecule has 1 aliphatic rings. The first-order valence-electron chi connectivity index (χ1n) is 9.37. The van der Waals surface area contributed by atoms with E-state index >= 15 is 0 Å². The van der Waals surface area contributed by atoms with Gasteiger partial charge in [0.2, 0.25) is 0 Å². The molecule has 0 unspecified atom stereocenters. The molecule has 130 valence electrons. The Balaban J connectivity index is 1.98. The van der Waals surface area contributed by atoms with Crippen molar-refractivity contribution in [2.75, 3.05) is 0 Å². The van der Waals surface area contributed by atoms with E-state index < -0.39 is 0 Å². The van der Waals surface area contributed by atoms with Gasteiger partial charge < -0.3 is 0 Å². The Bertz CT molecular complexity index is 829. The second-order valence-corrected chi connectivity index (χ2v) is 10.9. The number of hydrogen-bond donors (Lipinski definition) is 0. The van der Waals surface area contributed by atoms with Gasteiger partial charge in [-0.15, -0.1) is 0 Å². The predicted octanol–water partition coefficient (Wildman–Crippen LogP) is 6.37. The zero-order chi connectivity index (χ0) is 18.2. The summed E-state index contributed by atoms with van der Waals surface area (Å²) in [4.78, 5) is 0. The highest BCUT2D eigenvalue weighted by Crippen LogP contribution is 2.36. The number of allylic oxidation sites excluding steroid dienone is 1. The van der Waals surface area contributed by atoms with Crippen LogP contribution in [-0.4, -0.2) is 14.1 Å². The molecule has 0 nitrogen and oxygen atoms in total. The predicted molar refractivity (Wildman–Crippen MR) is 115 cm³/mol. The largest absolute Gasteiger partial charge is 0.0942 e. The lowest BCUT2D eigenvalue weighted by molar-refractivity contribution is 0.743. The van der Waals surface area contributed by atoms with Crippen LogP contribution in [-0.2, 0) is 11.8 Å². The van der Waals surface area contributed by atoms with Crippen LogP contribution < -0.4 is 0 Å². The Kier molecular flexibility index (Phi) is 4.97. The normalized spacial score (nSPS) is 13.6. The van der Waals surface area contributed by atoms with Crippen LogP contribution in [0.2, 0.25) is 13.1 Å². The van der Waals surface area contributed by atoms with Gasteiger partial charge in [0.15, 0.2) is 0 Å². The Labute approximate surface area is 154 Å². The molecule has 0 aliphatic heterocycles. The molecule has 25 heavy (non-hydrogen) atoms. The fourth-order valence-electron chi connectivity index (χ4n) is 3.90. The molecule has 0 N–H and O–H groups in total. The van der Waals surface area contributed by atoms with E-state index in [1.165, 1.54) is 27.8 Å². The van der Waals surface area contributed by atoms with Gasteiger partial charge in [0.1, 0.15) is 0 Å². The minimum atomic E-state index is -0.355. The lowest BCUT2D eigenvalue weighted by Crippen LogP contribution is -2.22. The van der Waals surface area contributed by atoms with Crippen LogP contribution in [0.25, 0.3) is 17.2 Å². The van der Waals surface area contributed by atoms with Crippen molar-refractivity contribution in [3.8, 4) is 11.1 Å². The van der Waals surface area contributed by atoms with E-state index in [2.05, 4.69) is 95.0 Å². The Hall–Kier alpha value is -1.73. The van der Waals surface area contributed by atoms with E-state index in [4.69, 9.17) is 0 Å². The van der Waals surface area contributed by atoms with Crippen molar-refractivity contribution in [3.63, 3.8) is 0 Å². The molecule has 0 aromatic heterocycles. The van der Waals surface area contributed by atoms with E-state index in [-0.39, 0.29) is 13.8 Å². The molecule has 2 aromatic rings. The van der Waals surface area contributed by atoms with Crippen molar-refractivity contribution in [2.45, 2.75) is 52.6 Å². The van der Waals surface area contributed by atoms with E-state index in [9.17, 15) is 0 Å². The highest BCUT2D eigenvalue weighted by Gasteiger charge is 2.20. The maximum absolute atomic E-state index is 2.53. The van der Waals surface area contributed by atoms with Crippen molar-refractivity contribution >= 4 is 20.2 Å². The summed E-state index contributed by atoms with van der Waals surface area (Å²) in [5.41, 5.74) is 11.3. The quantitative estimate of drug-likeness (QED) is 0.565. The van der Waals surface area contributed by atoms with E-state index in [0.29, 0.717) is 5.92 Å². The molecule has 0 amide bonds. The molecule has 0 bridgehead atoms. The summed E-state index contributed by atoms with van der Waals surface area (Å²) < 4.78 is 0. The molecule has 0 radical (unpaired) electrons. The first kappa shape index (κ1) is 18.1. The molecule has 0 saturated heterocycles. The third kappa shape index (κ3) is 3.77. The molecular formula is C24H30Si. The van der Waals surface area contributed by atoms with Crippen LogP contribution >= 0.6 is 0 Å². The molecule has 2 aromatic carbocycles. The van der Waals surface area contributed by atoms with Gasteiger partial charge >= 0.3 is 0 Å². The highest BCUT2D eigenvalue weighted by atomic mass is 28.2. The van der Waals surface area contributed by atoms with Crippen LogP contribution in [0.1, 0.15) is 44.4 Å². The van der Waals surface area contributed by atoms with Gasteiger partial charge in [0.25, 0.3) is 0 Å². The Morgan fingerprint density at radius 2 is 1.68 bits per heavy atom. The lowest BCUT2D eigenvalue weighted by Gasteiger charge is -2.22. The second-order valence-electron chi connectivity index (χ2n) is 8.45. The molecule has 1 heteroatoms. The molecule has 0 heterocycles. The molecule has 3 rings (SSSR count). The minimum absolute atomic E-state index is 0.152. The van der Waals surface area contributed by atoms with Gasteiger partial charge in [-0.2, -0.15) is 0 Å². The van der Waals surface area contributed by atoms with Gasteiger partial charge in [0, 0.05) is 5.41 Å². The van der Waals surface area contributed by atoms with E-state index in [1.54, 1.807) is 5.57 Å². The average molecular weight is 347 g/mol. The van der Waals surface area contributed by atoms with Crippen molar-refractivity contribution in [1.82, 2.24) is 0 Å². The molecule has 0 atom stereocenters. The number of rotatable bonds is 4. The maximum Gasteiger partial charge on any atom is 0.00366 e. The summed E-state index contributed by atoms with van der Waals surface area (Å²) in [6, 6.07) is 16.0. The fourth-order valence-corrected chi connectivity index (χ4v) is 5.51. The third-order valence-corrected chi connectivity index (χ3v) is 6.55. The molecular weight excluding hydrogens is 316 g/mol. The highest BCUT2D eigenvalue weighted by molar-refractivity contribution is 6.64. The number of hydrogen-bond acceptors (Lipinski definition) is 0. The summed E-state index contributed by atoms with van der Waals surface area (Å²) >= 11 is 0. The fraction of sp³-hybridized carbons (Fsp3) is 0.375.